The smallest absolute Gasteiger partial charge is 0.134 e. The van der Waals surface area contributed by atoms with Crippen molar-refractivity contribution < 1.29 is 9.52 Å². The SMILES string of the molecule is Cc1c(CC(O)CN2CCNCC2)oc2ccccc12. The molecule has 2 aromatic rings. The van der Waals surface area contributed by atoms with Crippen LogP contribution in [0.3, 0.4) is 0 Å². The molecular weight excluding hydrogens is 252 g/mol. The second kappa shape index (κ2) is 5.95. The van der Waals surface area contributed by atoms with E-state index in [1.165, 1.54) is 0 Å². The van der Waals surface area contributed by atoms with Crippen LogP contribution in [-0.2, 0) is 6.42 Å². The first kappa shape index (κ1) is 13.6. The Morgan fingerprint density at radius 1 is 1.30 bits per heavy atom. The largest absolute Gasteiger partial charge is 0.461 e. The van der Waals surface area contributed by atoms with E-state index in [-0.39, 0.29) is 6.10 Å². The number of benzene rings is 1. The zero-order chi connectivity index (χ0) is 13.9. The van der Waals surface area contributed by atoms with Crippen LogP contribution in [0.15, 0.2) is 28.7 Å². The highest BCUT2D eigenvalue weighted by molar-refractivity contribution is 5.81. The van der Waals surface area contributed by atoms with Crippen LogP contribution >= 0.6 is 0 Å². The van der Waals surface area contributed by atoms with Crippen LogP contribution in [0.1, 0.15) is 11.3 Å². The molecule has 20 heavy (non-hydrogen) atoms. The van der Waals surface area contributed by atoms with E-state index in [1.807, 2.05) is 18.2 Å². The normalized spacial score (nSPS) is 18.5. The van der Waals surface area contributed by atoms with Crippen molar-refractivity contribution in [1.29, 1.82) is 0 Å². The molecule has 1 fully saturated rings. The Balaban J connectivity index is 1.67. The summed E-state index contributed by atoms with van der Waals surface area (Å²) >= 11 is 0. The summed E-state index contributed by atoms with van der Waals surface area (Å²) in [5.41, 5.74) is 2.06. The van der Waals surface area contributed by atoms with E-state index in [1.54, 1.807) is 0 Å². The third-order valence-corrected chi connectivity index (χ3v) is 4.04. The zero-order valence-corrected chi connectivity index (χ0v) is 11.9. The monoisotopic (exact) mass is 274 g/mol. The molecule has 1 atom stereocenters. The zero-order valence-electron chi connectivity index (χ0n) is 11.9. The number of nitrogens with one attached hydrogen (secondary N) is 1. The minimum Gasteiger partial charge on any atom is -0.461 e. The molecule has 1 aromatic carbocycles. The first-order valence-electron chi connectivity index (χ1n) is 7.32. The van der Waals surface area contributed by atoms with Gasteiger partial charge in [-0.3, -0.25) is 4.90 Å². The van der Waals surface area contributed by atoms with Crippen molar-refractivity contribution in [3.63, 3.8) is 0 Å². The maximum absolute atomic E-state index is 10.3. The molecule has 2 N–H and O–H groups in total. The van der Waals surface area contributed by atoms with Gasteiger partial charge in [-0.1, -0.05) is 18.2 Å². The number of piperazine rings is 1. The molecule has 0 saturated carbocycles. The lowest BCUT2D eigenvalue weighted by molar-refractivity contribution is 0.101. The van der Waals surface area contributed by atoms with Crippen molar-refractivity contribution in [2.45, 2.75) is 19.4 Å². The van der Waals surface area contributed by atoms with Gasteiger partial charge in [-0.15, -0.1) is 0 Å². The van der Waals surface area contributed by atoms with Gasteiger partial charge in [0, 0.05) is 44.5 Å². The number of hydrogen-bond donors (Lipinski definition) is 2. The van der Waals surface area contributed by atoms with Gasteiger partial charge in [-0.25, -0.2) is 0 Å². The highest BCUT2D eigenvalue weighted by Gasteiger charge is 2.18. The van der Waals surface area contributed by atoms with Crippen LogP contribution < -0.4 is 5.32 Å². The van der Waals surface area contributed by atoms with E-state index < -0.39 is 0 Å². The van der Waals surface area contributed by atoms with Gasteiger partial charge >= 0.3 is 0 Å². The van der Waals surface area contributed by atoms with Crippen molar-refractivity contribution in [2.24, 2.45) is 0 Å². The molecule has 3 rings (SSSR count). The molecule has 4 heteroatoms. The van der Waals surface area contributed by atoms with Crippen molar-refractivity contribution in [2.75, 3.05) is 32.7 Å². The summed E-state index contributed by atoms with van der Waals surface area (Å²) in [6, 6.07) is 8.05. The molecule has 4 nitrogen and oxygen atoms in total. The minimum absolute atomic E-state index is 0.368. The Bertz CT molecular complexity index is 573. The molecule has 0 spiro atoms. The fourth-order valence-corrected chi connectivity index (χ4v) is 2.89. The third-order valence-electron chi connectivity index (χ3n) is 4.04. The highest BCUT2D eigenvalue weighted by Crippen LogP contribution is 2.25. The highest BCUT2D eigenvalue weighted by atomic mass is 16.3. The van der Waals surface area contributed by atoms with Crippen molar-refractivity contribution in [3.8, 4) is 0 Å². The summed E-state index contributed by atoms with van der Waals surface area (Å²) in [7, 11) is 0. The number of aliphatic hydroxyl groups excluding tert-OH is 1. The van der Waals surface area contributed by atoms with E-state index in [9.17, 15) is 5.11 Å². The van der Waals surface area contributed by atoms with Gasteiger partial charge in [0.15, 0.2) is 0 Å². The van der Waals surface area contributed by atoms with Crippen LogP contribution in [0.2, 0.25) is 0 Å². The Kier molecular flexibility index (Phi) is 4.05. The Morgan fingerprint density at radius 2 is 2.05 bits per heavy atom. The van der Waals surface area contributed by atoms with Crippen LogP contribution in [-0.4, -0.2) is 48.8 Å². The first-order valence-corrected chi connectivity index (χ1v) is 7.32. The van der Waals surface area contributed by atoms with E-state index in [0.29, 0.717) is 6.42 Å². The second-order valence-corrected chi connectivity index (χ2v) is 5.55. The van der Waals surface area contributed by atoms with Gasteiger partial charge in [0.1, 0.15) is 11.3 Å². The maximum Gasteiger partial charge on any atom is 0.134 e. The molecule has 1 aromatic heterocycles. The Hall–Kier alpha value is -1.36. The molecule has 2 heterocycles. The topological polar surface area (TPSA) is 48.6 Å². The predicted octanol–water partition coefficient (Wildman–Crippen LogP) is 1.55. The van der Waals surface area contributed by atoms with Gasteiger partial charge in [-0.05, 0) is 18.6 Å². The predicted molar refractivity (Wildman–Crippen MR) is 80.0 cm³/mol. The molecule has 1 saturated heterocycles. The molecular formula is C16H22N2O2. The van der Waals surface area contributed by atoms with Crippen LogP contribution in [0, 0.1) is 6.92 Å². The lowest BCUT2D eigenvalue weighted by Crippen LogP contribution is -2.46. The fraction of sp³-hybridized carbons (Fsp3) is 0.500. The Morgan fingerprint density at radius 3 is 2.80 bits per heavy atom. The first-order chi connectivity index (χ1) is 9.74. The molecule has 1 unspecified atom stereocenters. The van der Waals surface area contributed by atoms with Crippen LogP contribution in [0.5, 0.6) is 0 Å². The fourth-order valence-electron chi connectivity index (χ4n) is 2.89. The van der Waals surface area contributed by atoms with Crippen LogP contribution in [0.25, 0.3) is 11.0 Å². The molecule has 0 radical (unpaired) electrons. The number of hydrogen-bond acceptors (Lipinski definition) is 4. The number of nitrogens with zero attached hydrogens (tertiary/aromatic N) is 1. The van der Waals surface area contributed by atoms with E-state index in [0.717, 1.165) is 55.0 Å². The Labute approximate surface area is 119 Å². The molecule has 108 valence electrons. The molecule has 0 aliphatic carbocycles. The summed E-state index contributed by atoms with van der Waals surface area (Å²) < 4.78 is 5.87. The van der Waals surface area contributed by atoms with Crippen molar-refractivity contribution >= 4 is 11.0 Å². The summed E-state index contributed by atoms with van der Waals surface area (Å²) in [6.07, 6.45) is 0.220. The number of aliphatic hydroxyl groups is 1. The average Bonchev–Trinajstić information content (AvgIpc) is 2.77. The average molecular weight is 274 g/mol. The van der Waals surface area contributed by atoms with Crippen molar-refractivity contribution in [3.05, 3.63) is 35.6 Å². The summed E-state index contributed by atoms with van der Waals surface area (Å²) in [6.45, 7) is 6.83. The van der Waals surface area contributed by atoms with E-state index in [2.05, 4.69) is 23.2 Å². The van der Waals surface area contributed by atoms with Gasteiger partial charge in [0.05, 0.1) is 6.10 Å². The third kappa shape index (κ3) is 2.87. The number of rotatable bonds is 4. The number of fused-ring (bicyclic) bond motifs is 1. The lowest BCUT2D eigenvalue weighted by Gasteiger charge is -2.28. The lowest BCUT2D eigenvalue weighted by atomic mass is 10.1. The number of para-hydroxylation sites is 1. The molecule has 0 amide bonds. The van der Waals surface area contributed by atoms with E-state index in [4.69, 9.17) is 4.42 Å². The van der Waals surface area contributed by atoms with E-state index >= 15 is 0 Å². The standard InChI is InChI=1S/C16H22N2O2/c1-12-14-4-2-3-5-15(14)20-16(12)10-13(19)11-18-8-6-17-7-9-18/h2-5,13,17,19H,6-11H2,1H3. The van der Waals surface area contributed by atoms with Gasteiger partial charge < -0.3 is 14.8 Å². The number of aryl methyl sites for hydroxylation is 1. The van der Waals surface area contributed by atoms with Crippen LogP contribution in [0.4, 0.5) is 0 Å². The number of furan rings is 1. The number of β-amino-alcohol motifs (C(OH)–C–C–N with tert-alkyl or cyclic N) is 1. The molecule has 1 aliphatic heterocycles. The molecule has 0 bridgehead atoms. The van der Waals surface area contributed by atoms with Gasteiger partial charge in [0.25, 0.3) is 0 Å². The molecule has 1 aliphatic rings. The van der Waals surface area contributed by atoms with Crippen molar-refractivity contribution in [1.82, 2.24) is 10.2 Å². The summed E-state index contributed by atoms with van der Waals surface area (Å²) in [4.78, 5) is 2.30. The minimum atomic E-state index is -0.368. The summed E-state index contributed by atoms with van der Waals surface area (Å²) in [5.74, 6) is 0.911. The van der Waals surface area contributed by atoms with Gasteiger partial charge in [-0.2, -0.15) is 0 Å². The maximum atomic E-state index is 10.3. The summed E-state index contributed by atoms with van der Waals surface area (Å²) in [5, 5.41) is 14.8. The van der Waals surface area contributed by atoms with Gasteiger partial charge in [0.2, 0.25) is 0 Å². The second-order valence-electron chi connectivity index (χ2n) is 5.55. The quantitative estimate of drug-likeness (QED) is 0.888.